The van der Waals surface area contributed by atoms with Crippen LogP contribution in [-0.4, -0.2) is 53.7 Å². The quantitative estimate of drug-likeness (QED) is 0.597. The number of likely N-dealkylation sites (tertiary alicyclic amines) is 1. The van der Waals surface area contributed by atoms with E-state index in [1.54, 1.807) is 0 Å². The van der Waals surface area contributed by atoms with Crippen molar-refractivity contribution in [1.82, 2.24) is 15.5 Å². The molecule has 1 saturated heterocycles. The minimum atomic E-state index is -0.472. The molecule has 1 aliphatic heterocycles. The molecule has 0 unspecified atom stereocenters. The first kappa shape index (κ1) is 12.9. The van der Waals surface area contributed by atoms with Crippen LogP contribution in [0.4, 0.5) is 4.79 Å². The zero-order chi connectivity index (χ0) is 12.1. The molecule has 6 nitrogen and oxygen atoms in total. The molecule has 16 heavy (non-hydrogen) atoms. The molecule has 0 bridgehead atoms. The van der Waals surface area contributed by atoms with Crippen LogP contribution in [0.2, 0.25) is 0 Å². The standard InChI is InChI=1S/C10H19N3O3/c1-7(2)11-10(16)12-9(15)6-13-4-3-8(14)5-13/h7-8,14H,3-6H2,1-2H3,(H2,11,12,15,16)/t8-/m1/s1. The Labute approximate surface area is 95.0 Å². The SMILES string of the molecule is CC(C)NC(=O)NC(=O)CN1CC[C@@H](O)C1. The number of urea groups is 1. The Morgan fingerprint density at radius 1 is 1.50 bits per heavy atom. The topological polar surface area (TPSA) is 81.7 Å². The van der Waals surface area contributed by atoms with E-state index >= 15 is 0 Å². The van der Waals surface area contributed by atoms with Crippen LogP contribution in [0.5, 0.6) is 0 Å². The van der Waals surface area contributed by atoms with Crippen molar-refractivity contribution in [2.75, 3.05) is 19.6 Å². The van der Waals surface area contributed by atoms with E-state index in [2.05, 4.69) is 10.6 Å². The number of nitrogens with zero attached hydrogens (tertiary/aromatic N) is 1. The van der Waals surface area contributed by atoms with Gasteiger partial charge in [-0.3, -0.25) is 15.0 Å². The van der Waals surface area contributed by atoms with E-state index in [0.717, 1.165) is 0 Å². The summed E-state index contributed by atoms with van der Waals surface area (Å²) in [5.41, 5.74) is 0. The molecule has 0 radical (unpaired) electrons. The fourth-order valence-corrected chi connectivity index (χ4v) is 1.62. The highest BCUT2D eigenvalue weighted by molar-refractivity contribution is 5.95. The lowest BCUT2D eigenvalue weighted by atomic mass is 10.3. The van der Waals surface area contributed by atoms with Gasteiger partial charge in [-0.25, -0.2) is 4.79 Å². The maximum atomic E-state index is 11.4. The van der Waals surface area contributed by atoms with E-state index in [-0.39, 0.29) is 24.6 Å². The van der Waals surface area contributed by atoms with E-state index in [9.17, 15) is 14.7 Å². The van der Waals surface area contributed by atoms with Gasteiger partial charge >= 0.3 is 6.03 Å². The number of hydrogen-bond donors (Lipinski definition) is 3. The number of hydrogen-bond acceptors (Lipinski definition) is 4. The molecule has 0 spiro atoms. The average Bonchev–Trinajstić information content (AvgIpc) is 2.48. The van der Waals surface area contributed by atoms with Gasteiger partial charge in [-0.05, 0) is 20.3 Å². The number of imide groups is 1. The van der Waals surface area contributed by atoms with Crippen molar-refractivity contribution in [3.05, 3.63) is 0 Å². The Morgan fingerprint density at radius 2 is 2.19 bits per heavy atom. The molecule has 1 heterocycles. The van der Waals surface area contributed by atoms with Crippen LogP contribution in [0.3, 0.4) is 0 Å². The van der Waals surface area contributed by atoms with Gasteiger partial charge in [0.05, 0.1) is 12.6 Å². The first-order chi connectivity index (χ1) is 7.47. The number of β-amino-alcohol motifs (C(OH)–C–C–N with tert-alkyl or cyclic N) is 1. The van der Waals surface area contributed by atoms with Gasteiger partial charge in [-0.2, -0.15) is 0 Å². The van der Waals surface area contributed by atoms with Crippen LogP contribution >= 0.6 is 0 Å². The molecule has 1 fully saturated rings. The fourth-order valence-electron chi connectivity index (χ4n) is 1.62. The number of aliphatic hydroxyl groups excluding tert-OH is 1. The predicted octanol–water partition coefficient (Wildman–Crippen LogP) is -0.713. The summed E-state index contributed by atoms with van der Waals surface area (Å²) < 4.78 is 0. The van der Waals surface area contributed by atoms with Crippen molar-refractivity contribution in [3.63, 3.8) is 0 Å². The molecular weight excluding hydrogens is 210 g/mol. The summed E-state index contributed by atoms with van der Waals surface area (Å²) in [5, 5.41) is 14.1. The minimum absolute atomic E-state index is 0.00130. The van der Waals surface area contributed by atoms with Gasteiger partial charge in [0.25, 0.3) is 0 Å². The van der Waals surface area contributed by atoms with Crippen LogP contribution in [0.15, 0.2) is 0 Å². The number of aliphatic hydroxyl groups is 1. The zero-order valence-electron chi connectivity index (χ0n) is 9.69. The Kier molecular flexibility index (Phi) is 4.70. The second-order valence-corrected chi connectivity index (χ2v) is 4.35. The van der Waals surface area contributed by atoms with Crippen LogP contribution in [-0.2, 0) is 4.79 Å². The number of carbonyl (C=O) groups excluding carboxylic acids is 2. The van der Waals surface area contributed by atoms with Crippen molar-refractivity contribution >= 4 is 11.9 Å². The summed E-state index contributed by atoms with van der Waals surface area (Å²) >= 11 is 0. The maximum Gasteiger partial charge on any atom is 0.321 e. The molecule has 0 aromatic carbocycles. The number of rotatable bonds is 3. The van der Waals surface area contributed by atoms with Crippen LogP contribution < -0.4 is 10.6 Å². The molecule has 3 N–H and O–H groups in total. The second kappa shape index (κ2) is 5.81. The minimum Gasteiger partial charge on any atom is -0.392 e. The van der Waals surface area contributed by atoms with Gasteiger partial charge in [-0.15, -0.1) is 0 Å². The van der Waals surface area contributed by atoms with Crippen molar-refractivity contribution in [2.45, 2.75) is 32.4 Å². The molecule has 1 atom stereocenters. The highest BCUT2D eigenvalue weighted by Gasteiger charge is 2.22. The third kappa shape index (κ3) is 4.59. The molecule has 6 heteroatoms. The molecule has 1 aliphatic rings. The Balaban J connectivity index is 2.23. The van der Waals surface area contributed by atoms with Gasteiger partial charge in [0.1, 0.15) is 0 Å². The molecule has 0 aliphatic carbocycles. The van der Waals surface area contributed by atoms with E-state index < -0.39 is 6.03 Å². The summed E-state index contributed by atoms with van der Waals surface area (Å²) in [6.45, 7) is 4.99. The maximum absolute atomic E-state index is 11.4. The summed E-state index contributed by atoms with van der Waals surface area (Å²) in [6, 6.07) is -0.471. The lowest BCUT2D eigenvalue weighted by Gasteiger charge is -2.14. The average molecular weight is 229 g/mol. The number of carbonyl (C=O) groups is 2. The summed E-state index contributed by atoms with van der Waals surface area (Å²) in [4.78, 5) is 24.4. The lowest BCUT2D eigenvalue weighted by Crippen LogP contribution is -2.46. The Morgan fingerprint density at radius 3 is 2.69 bits per heavy atom. The normalized spacial score (nSPS) is 21.1. The Hall–Kier alpha value is -1.14. The third-order valence-electron chi connectivity index (χ3n) is 2.29. The van der Waals surface area contributed by atoms with E-state index in [1.165, 1.54) is 0 Å². The van der Waals surface area contributed by atoms with Crippen molar-refractivity contribution in [3.8, 4) is 0 Å². The summed E-state index contributed by atoms with van der Waals surface area (Å²) in [7, 11) is 0. The van der Waals surface area contributed by atoms with Gasteiger partial charge in [0.2, 0.25) is 5.91 Å². The van der Waals surface area contributed by atoms with Gasteiger partial charge in [0.15, 0.2) is 0 Å². The van der Waals surface area contributed by atoms with Gasteiger partial charge in [-0.1, -0.05) is 0 Å². The van der Waals surface area contributed by atoms with Crippen molar-refractivity contribution in [1.29, 1.82) is 0 Å². The fraction of sp³-hybridized carbons (Fsp3) is 0.800. The van der Waals surface area contributed by atoms with Crippen LogP contribution in [0.1, 0.15) is 20.3 Å². The Bertz CT molecular complexity index is 268. The number of amides is 3. The molecular formula is C10H19N3O3. The molecule has 3 amide bonds. The third-order valence-corrected chi connectivity index (χ3v) is 2.29. The molecule has 0 aromatic heterocycles. The second-order valence-electron chi connectivity index (χ2n) is 4.35. The van der Waals surface area contributed by atoms with Gasteiger partial charge < -0.3 is 10.4 Å². The molecule has 0 saturated carbocycles. The van der Waals surface area contributed by atoms with E-state index in [4.69, 9.17) is 0 Å². The lowest BCUT2D eigenvalue weighted by molar-refractivity contribution is -0.121. The van der Waals surface area contributed by atoms with Gasteiger partial charge in [0, 0.05) is 19.1 Å². The highest BCUT2D eigenvalue weighted by Crippen LogP contribution is 2.07. The summed E-state index contributed by atoms with van der Waals surface area (Å²) in [5.74, 6) is -0.341. The largest absolute Gasteiger partial charge is 0.392 e. The first-order valence-electron chi connectivity index (χ1n) is 5.48. The number of nitrogens with one attached hydrogen (secondary N) is 2. The first-order valence-corrected chi connectivity index (χ1v) is 5.48. The van der Waals surface area contributed by atoms with Crippen molar-refractivity contribution < 1.29 is 14.7 Å². The monoisotopic (exact) mass is 229 g/mol. The predicted molar refractivity (Wildman–Crippen MR) is 58.9 cm³/mol. The molecule has 1 rings (SSSR count). The van der Waals surface area contributed by atoms with Crippen molar-refractivity contribution in [2.24, 2.45) is 0 Å². The summed E-state index contributed by atoms with van der Waals surface area (Å²) in [6.07, 6.45) is 0.336. The highest BCUT2D eigenvalue weighted by atomic mass is 16.3. The van der Waals surface area contributed by atoms with E-state index in [1.807, 2.05) is 18.7 Å². The smallest absolute Gasteiger partial charge is 0.321 e. The zero-order valence-corrected chi connectivity index (χ0v) is 9.69. The molecule has 0 aromatic rings. The molecule has 92 valence electrons. The van der Waals surface area contributed by atoms with E-state index in [0.29, 0.717) is 19.5 Å². The van der Waals surface area contributed by atoms with Crippen LogP contribution in [0, 0.1) is 0 Å². The van der Waals surface area contributed by atoms with Crippen LogP contribution in [0.25, 0.3) is 0 Å².